The fourth-order valence-electron chi connectivity index (χ4n) is 1.79. The Kier molecular flexibility index (Phi) is 4.11. The van der Waals surface area contributed by atoms with Crippen molar-refractivity contribution in [1.29, 1.82) is 0 Å². The number of nitrogens with zero attached hydrogens (tertiary/aromatic N) is 2. The second kappa shape index (κ2) is 5.79. The molecule has 0 bridgehead atoms. The molecule has 5 nitrogen and oxygen atoms in total. The van der Waals surface area contributed by atoms with Crippen molar-refractivity contribution < 1.29 is 9.90 Å². The normalized spacial score (nSPS) is 10.4. The Hall–Kier alpha value is -1.95. The zero-order valence-corrected chi connectivity index (χ0v) is 11.6. The molecule has 2 aromatic rings. The van der Waals surface area contributed by atoms with Gasteiger partial charge in [-0.25, -0.2) is 14.8 Å². The van der Waals surface area contributed by atoms with Crippen LogP contribution in [0.25, 0.3) is 0 Å². The first-order valence-electron chi connectivity index (χ1n) is 5.91. The largest absolute Gasteiger partial charge is 0.478 e. The van der Waals surface area contributed by atoms with Crippen molar-refractivity contribution in [2.45, 2.75) is 20.3 Å². The van der Waals surface area contributed by atoms with Gasteiger partial charge in [0.05, 0.1) is 10.7 Å². The molecule has 0 radical (unpaired) electrons. The molecule has 0 atom stereocenters. The van der Waals surface area contributed by atoms with Gasteiger partial charge < -0.3 is 10.4 Å². The van der Waals surface area contributed by atoms with Crippen molar-refractivity contribution in [2.75, 3.05) is 11.9 Å². The molecular weight excluding hydrogens is 262 g/mol. The van der Waals surface area contributed by atoms with Gasteiger partial charge in [0.25, 0.3) is 0 Å². The van der Waals surface area contributed by atoms with E-state index in [-0.39, 0.29) is 5.56 Å². The van der Waals surface area contributed by atoms with Crippen molar-refractivity contribution in [2.24, 2.45) is 0 Å². The molecule has 0 unspecified atom stereocenters. The summed E-state index contributed by atoms with van der Waals surface area (Å²) in [4.78, 5) is 19.6. The SMILES string of the molecule is Cc1nc(CCNc2nccc(C)c2C(=O)O)cs1. The van der Waals surface area contributed by atoms with Crippen LogP contribution in [0.4, 0.5) is 5.82 Å². The Morgan fingerprint density at radius 1 is 1.47 bits per heavy atom. The molecule has 0 aliphatic carbocycles. The number of rotatable bonds is 5. The molecule has 0 spiro atoms. The topological polar surface area (TPSA) is 75.1 Å². The zero-order chi connectivity index (χ0) is 13.8. The third-order valence-corrected chi connectivity index (χ3v) is 3.54. The predicted molar refractivity (Wildman–Crippen MR) is 75.0 cm³/mol. The lowest BCUT2D eigenvalue weighted by molar-refractivity contribution is 0.0697. The van der Waals surface area contributed by atoms with Crippen LogP contribution in [0.2, 0.25) is 0 Å². The summed E-state index contributed by atoms with van der Waals surface area (Å²) in [5, 5.41) is 15.3. The first kappa shape index (κ1) is 13.5. The van der Waals surface area contributed by atoms with Gasteiger partial charge in [0, 0.05) is 24.5 Å². The number of anilines is 1. The third kappa shape index (κ3) is 3.29. The highest BCUT2D eigenvalue weighted by atomic mass is 32.1. The molecule has 0 fully saturated rings. The Morgan fingerprint density at radius 3 is 2.89 bits per heavy atom. The van der Waals surface area contributed by atoms with E-state index in [0.29, 0.717) is 17.9 Å². The van der Waals surface area contributed by atoms with Gasteiger partial charge in [0.2, 0.25) is 0 Å². The van der Waals surface area contributed by atoms with Gasteiger partial charge in [0.1, 0.15) is 11.4 Å². The van der Waals surface area contributed by atoms with E-state index < -0.39 is 5.97 Å². The van der Waals surface area contributed by atoms with Crippen LogP contribution in [0.15, 0.2) is 17.6 Å². The second-order valence-electron chi connectivity index (χ2n) is 4.19. The molecule has 0 saturated carbocycles. The van der Waals surface area contributed by atoms with E-state index in [2.05, 4.69) is 15.3 Å². The Balaban J connectivity index is 2.03. The first-order valence-corrected chi connectivity index (χ1v) is 6.79. The summed E-state index contributed by atoms with van der Waals surface area (Å²) >= 11 is 1.61. The maximum absolute atomic E-state index is 11.2. The lowest BCUT2D eigenvalue weighted by Crippen LogP contribution is -2.12. The number of hydrogen-bond acceptors (Lipinski definition) is 5. The summed E-state index contributed by atoms with van der Waals surface area (Å²) in [7, 11) is 0. The molecule has 2 N–H and O–H groups in total. The van der Waals surface area contributed by atoms with Crippen LogP contribution >= 0.6 is 11.3 Å². The number of thiazole rings is 1. The van der Waals surface area contributed by atoms with Crippen LogP contribution in [0, 0.1) is 13.8 Å². The van der Waals surface area contributed by atoms with Crippen LogP contribution in [0.5, 0.6) is 0 Å². The molecule has 2 aromatic heterocycles. The van der Waals surface area contributed by atoms with E-state index in [1.54, 1.807) is 30.5 Å². The number of hydrogen-bond donors (Lipinski definition) is 2. The van der Waals surface area contributed by atoms with Gasteiger partial charge >= 0.3 is 5.97 Å². The van der Waals surface area contributed by atoms with Crippen molar-refractivity contribution in [3.8, 4) is 0 Å². The van der Waals surface area contributed by atoms with Gasteiger partial charge in [-0.2, -0.15) is 0 Å². The highest BCUT2D eigenvalue weighted by Gasteiger charge is 2.13. The minimum Gasteiger partial charge on any atom is -0.478 e. The molecule has 6 heteroatoms. The van der Waals surface area contributed by atoms with E-state index in [1.807, 2.05) is 12.3 Å². The van der Waals surface area contributed by atoms with Crippen molar-refractivity contribution in [1.82, 2.24) is 9.97 Å². The summed E-state index contributed by atoms with van der Waals surface area (Å²) in [6.07, 6.45) is 2.36. The van der Waals surface area contributed by atoms with Crippen molar-refractivity contribution in [3.05, 3.63) is 39.5 Å². The standard InChI is InChI=1S/C13H15N3O2S/c1-8-3-5-14-12(11(8)13(17)18)15-6-4-10-7-19-9(2)16-10/h3,5,7H,4,6H2,1-2H3,(H,14,15)(H,17,18). The van der Waals surface area contributed by atoms with Crippen LogP contribution in [-0.2, 0) is 6.42 Å². The molecule has 0 amide bonds. The van der Waals surface area contributed by atoms with Crippen molar-refractivity contribution in [3.63, 3.8) is 0 Å². The number of carboxylic acids is 1. The highest BCUT2D eigenvalue weighted by Crippen LogP contribution is 2.16. The fourth-order valence-corrected chi connectivity index (χ4v) is 2.44. The number of aromatic carboxylic acids is 1. The minimum atomic E-state index is -0.961. The average molecular weight is 277 g/mol. The quantitative estimate of drug-likeness (QED) is 0.878. The van der Waals surface area contributed by atoms with E-state index in [9.17, 15) is 9.90 Å². The summed E-state index contributed by atoms with van der Waals surface area (Å²) in [6.45, 7) is 4.34. The first-order chi connectivity index (χ1) is 9.08. The maximum atomic E-state index is 11.2. The fraction of sp³-hybridized carbons (Fsp3) is 0.308. The van der Waals surface area contributed by atoms with Crippen LogP contribution in [0.1, 0.15) is 26.6 Å². The Labute approximate surface area is 115 Å². The zero-order valence-electron chi connectivity index (χ0n) is 10.8. The number of carbonyl (C=O) groups is 1. The van der Waals surface area contributed by atoms with Gasteiger partial charge in [0.15, 0.2) is 0 Å². The van der Waals surface area contributed by atoms with E-state index in [0.717, 1.165) is 17.1 Å². The molecule has 0 aliphatic heterocycles. The van der Waals surface area contributed by atoms with E-state index in [1.165, 1.54) is 0 Å². The molecule has 100 valence electrons. The minimum absolute atomic E-state index is 0.233. The van der Waals surface area contributed by atoms with Crippen LogP contribution in [0.3, 0.4) is 0 Å². The van der Waals surface area contributed by atoms with Crippen LogP contribution in [-0.4, -0.2) is 27.6 Å². The highest BCUT2D eigenvalue weighted by molar-refractivity contribution is 7.09. The summed E-state index contributed by atoms with van der Waals surface area (Å²) in [6, 6.07) is 1.69. The molecular formula is C13H15N3O2S. The summed E-state index contributed by atoms with van der Waals surface area (Å²) in [5.41, 5.74) is 1.95. The average Bonchev–Trinajstić information content (AvgIpc) is 2.74. The van der Waals surface area contributed by atoms with Crippen LogP contribution < -0.4 is 5.32 Å². The number of aryl methyl sites for hydroxylation is 2. The van der Waals surface area contributed by atoms with E-state index >= 15 is 0 Å². The number of nitrogens with one attached hydrogen (secondary N) is 1. The molecule has 0 aromatic carbocycles. The molecule has 2 heterocycles. The van der Waals surface area contributed by atoms with Gasteiger partial charge in [-0.3, -0.25) is 0 Å². The molecule has 0 aliphatic rings. The maximum Gasteiger partial charge on any atom is 0.339 e. The van der Waals surface area contributed by atoms with Gasteiger partial charge in [-0.05, 0) is 25.5 Å². The summed E-state index contributed by atoms with van der Waals surface area (Å²) < 4.78 is 0. The predicted octanol–water partition coefficient (Wildman–Crippen LogP) is 2.51. The van der Waals surface area contributed by atoms with E-state index in [4.69, 9.17) is 0 Å². The van der Waals surface area contributed by atoms with Gasteiger partial charge in [-0.1, -0.05) is 0 Å². The molecule has 19 heavy (non-hydrogen) atoms. The lowest BCUT2D eigenvalue weighted by atomic mass is 10.1. The van der Waals surface area contributed by atoms with Crippen molar-refractivity contribution >= 4 is 23.1 Å². The Bertz CT molecular complexity index is 595. The number of aromatic nitrogens is 2. The monoisotopic (exact) mass is 277 g/mol. The third-order valence-electron chi connectivity index (χ3n) is 2.71. The summed E-state index contributed by atoms with van der Waals surface area (Å²) in [5.74, 6) is -0.544. The second-order valence-corrected chi connectivity index (χ2v) is 5.25. The smallest absolute Gasteiger partial charge is 0.339 e. The van der Waals surface area contributed by atoms with Gasteiger partial charge in [-0.15, -0.1) is 11.3 Å². The number of carboxylic acid groups (broad SMARTS) is 1. The molecule has 2 rings (SSSR count). The number of pyridine rings is 1. The Morgan fingerprint density at radius 2 is 2.26 bits per heavy atom. The molecule has 0 saturated heterocycles. The lowest BCUT2D eigenvalue weighted by Gasteiger charge is -2.09.